The van der Waals surface area contributed by atoms with Crippen LogP contribution in [0.2, 0.25) is 0 Å². The maximum atomic E-state index is 13.8. The van der Waals surface area contributed by atoms with E-state index in [0.717, 1.165) is 44.1 Å². The molecule has 0 spiro atoms. The Kier molecular flexibility index (Phi) is 10.0. The normalized spacial score (nSPS) is 18.1. The van der Waals surface area contributed by atoms with Crippen LogP contribution >= 0.6 is 0 Å². The maximum absolute atomic E-state index is 13.8. The number of carbonyl (C=O) groups excluding carboxylic acids is 1. The first kappa shape index (κ1) is 30.1. The lowest BCUT2D eigenvalue weighted by atomic mass is 9.70. The highest BCUT2D eigenvalue weighted by molar-refractivity contribution is 7.89. The van der Waals surface area contributed by atoms with Crippen molar-refractivity contribution in [3.05, 3.63) is 60.2 Å². The van der Waals surface area contributed by atoms with E-state index in [-0.39, 0.29) is 29.8 Å². The Morgan fingerprint density at radius 1 is 1.05 bits per heavy atom. The number of aliphatic hydroxyl groups is 1. The van der Waals surface area contributed by atoms with Gasteiger partial charge in [0, 0.05) is 18.5 Å². The molecule has 8 heteroatoms. The highest BCUT2D eigenvalue weighted by Gasteiger charge is 2.45. The van der Waals surface area contributed by atoms with Crippen molar-refractivity contribution in [2.75, 3.05) is 20.2 Å². The fraction of sp³-hybridized carbons (Fsp3) is 0.567. The smallest absolute Gasteiger partial charge is 0.243 e. The summed E-state index contributed by atoms with van der Waals surface area (Å²) in [6.07, 6.45) is 4.32. The van der Waals surface area contributed by atoms with E-state index in [2.05, 4.69) is 5.32 Å². The first-order valence-electron chi connectivity index (χ1n) is 13.7. The molecule has 0 heterocycles. The molecule has 2 aromatic rings. The van der Waals surface area contributed by atoms with Crippen molar-refractivity contribution in [3.63, 3.8) is 0 Å². The molecular formula is C30H44N2O5S. The summed E-state index contributed by atoms with van der Waals surface area (Å²) in [6, 6.07) is 15.6. The molecule has 1 aliphatic rings. The topological polar surface area (TPSA) is 95.9 Å². The molecule has 3 rings (SSSR count). The van der Waals surface area contributed by atoms with Crippen LogP contribution in [0, 0.1) is 11.3 Å². The van der Waals surface area contributed by atoms with E-state index in [1.54, 1.807) is 19.1 Å². The molecule has 7 nitrogen and oxygen atoms in total. The Bertz CT molecular complexity index is 1140. The van der Waals surface area contributed by atoms with Gasteiger partial charge in [-0.15, -0.1) is 0 Å². The minimum atomic E-state index is -3.92. The van der Waals surface area contributed by atoms with Crippen LogP contribution in [0.4, 0.5) is 0 Å². The molecule has 0 saturated heterocycles. The molecule has 0 bridgehead atoms. The third-order valence-corrected chi connectivity index (χ3v) is 9.87. The number of amides is 1. The Balaban J connectivity index is 1.97. The first-order chi connectivity index (χ1) is 18.0. The molecule has 1 amide bonds. The number of benzene rings is 2. The van der Waals surface area contributed by atoms with Crippen molar-refractivity contribution >= 4 is 15.9 Å². The first-order valence-corrected chi connectivity index (χ1v) is 15.1. The Morgan fingerprint density at radius 2 is 1.66 bits per heavy atom. The summed E-state index contributed by atoms with van der Waals surface area (Å²) in [5, 5.41) is 15.0. The number of aliphatic hydroxyl groups excluding tert-OH is 1. The van der Waals surface area contributed by atoms with Crippen LogP contribution in [-0.2, 0) is 20.4 Å². The van der Waals surface area contributed by atoms with Crippen LogP contribution in [0.25, 0.3) is 0 Å². The number of carbonyl (C=O) groups is 1. The number of ether oxygens (including phenoxy) is 1. The van der Waals surface area contributed by atoms with Gasteiger partial charge in [0.25, 0.3) is 0 Å². The second-order valence-electron chi connectivity index (χ2n) is 11.1. The summed E-state index contributed by atoms with van der Waals surface area (Å²) in [6.45, 7) is 7.78. The van der Waals surface area contributed by atoms with Crippen LogP contribution in [-0.4, -0.2) is 50.0 Å². The monoisotopic (exact) mass is 544 g/mol. The van der Waals surface area contributed by atoms with Crippen LogP contribution in [0.15, 0.2) is 59.5 Å². The van der Waals surface area contributed by atoms with Crippen LogP contribution in [0.5, 0.6) is 5.75 Å². The van der Waals surface area contributed by atoms with Gasteiger partial charge in [0.2, 0.25) is 15.9 Å². The highest BCUT2D eigenvalue weighted by Crippen LogP contribution is 2.41. The van der Waals surface area contributed by atoms with Gasteiger partial charge in [-0.25, -0.2) is 8.42 Å². The Hall–Kier alpha value is -2.42. The average molecular weight is 545 g/mol. The van der Waals surface area contributed by atoms with Crippen molar-refractivity contribution < 1.29 is 23.1 Å². The zero-order valence-corrected chi connectivity index (χ0v) is 24.3. The predicted molar refractivity (Wildman–Crippen MR) is 150 cm³/mol. The number of rotatable bonds is 12. The third-order valence-electron chi connectivity index (χ3n) is 8.02. The Labute approximate surface area is 228 Å². The van der Waals surface area contributed by atoms with Gasteiger partial charge in [-0.2, -0.15) is 4.31 Å². The SMILES string of the molecule is CCC1(C(=O)N[C@@](C)(c2ccccc2)[C@H](O)CN(CC(C)C)S(=O)(=O)c2ccc(OC)cc2)CCCCC1. The molecule has 0 aliphatic heterocycles. The van der Waals surface area contributed by atoms with E-state index >= 15 is 0 Å². The molecule has 0 aromatic heterocycles. The predicted octanol–water partition coefficient (Wildman–Crippen LogP) is 5.09. The summed E-state index contributed by atoms with van der Waals surface area (Å²) in [5.74, 6) is 0.517. The molecule has 0 unspecified atom stereocenters. The zero-order chi connectivity index (χ0) is 28.0. The average Bonchev–Trinajstić information content (AvgIpc) is 2.93. The molecule has 1 aliphatic carbocycles. The summed E-state index contributed by atoms with van der Waals surface area (Å²) in [4.78, 5) is 13.9. The molecule has 2 atom stereocenters. The van der Waals surface area contributed by atoms with E-state index in [0.29, 0.717) is 5.75 Å². The Morgan fingerprint density at radius 3 is 2.18 bits per heavy atom. The fourth-order valence-corrected chi connectivity index (χ4v) is 7.03. The molecule has 0 radical (unpaired) electrons. The summed E-state index contributed by atoms with van der Waals surface area (Å²) in [7, 11) is -2.39. The lowest BCUT2D eigenvalue weighted by Gasteiger charge is -2.43. The standard InChI is InChI=1S/C30H44N2O5S/c1-6-30(19-11-8-12-20-30)28(34)31-29(4,24-13-9-7-10-14-24)27(33)22-32(21-23(2)3)38(35,36)26-17-15-25(37-5)16-18-26/h7,9-10,13-18,23,27,33H,6,8,11-12,19-22H2,1-5H3,(H,31,34)/t27-,29+/m1/s1. The number of hydrogen-bond acceptors (Lipinski definition) is 5. The van der Waals surface area contributed by atoms with Gasteiger partial charge in [0.05, 0.1) is 23.6 Å². The van der Waals surface area contributed by atoms with E-state index in [1.807, 2.05) is 51.1 Å². The summed E-state index contributed by atoms with van der Waals surface area (Å²) < 4.78 is 33.9. The molecule has 38 heavy (non-hydrogen) atoms. The van der Waals surface area contributed by atoms with E-state index in [9.17, 15) is 18.3 Å². The van der Waals surface area contributed by atoms with Gasteiger partial charge < -0.3 is 15.2 Å². The molecule has 1 saturated carbocycles. The van der Waals surface area contributed by atoms with Crippen molar-refractivity contribution in [1.82, 2.24) is 9.62 Å². The zero-order valence-electron chi connectivity index (χ0n) is 23.4. The molecular weight excluding hydrogens is 500 g/mol. The number of nitrogens with zero attached hydrogens (tertiary/aromatic N) is 1. The van der Waals surface area contributed by atoms with Crippen molar-refractivity contribution in [2.24, 2.45) is 11.3 Å². The maximum Gasteiger partial charge on any atom is 0.243 e. The van der Waals surface area contributed by atoms with Gasteiger partial charge >= 0.3 is 0 Å². The second kappa shape index (κ2) is 12.6. The molecule has 210 valence electrons. The van der Waals surface area contributed by atoms with Crippen molar-refractivity contribution in [3.8, 4) is 5.75 Å². The van der Waals surface area contributed by atoms with Gasteiger partial charge in [0.1, 0.15) is 5.75 Å². The third kappa shape index (κ3) is 6.58. The molecule has 1 fully saturated rings. The van der Waals surface area contributed by atoms with Crippen LogP contribution in [0.1, 0.15) is 71.8 Å². The molecule has 2 aromatic carbocycles. The van der Waals surface area contributed by atoms with Crippen molar-refractivity contribution in [2.45, 2.75) is 82.8 Å². The van der Waals surface area contributed by atoms with E-state index < -0.39 is 27.1 Å². The quantitative estimate of drug-likeness (QED) is 0.388. The molecule has 2 N–H and O–H groups in total. The summed E-state index contributed by atoms with van der Waals surface area (Å²) >= 11 is 0. The minimum absolute atomic E-state index is 0.0263. The number of nitrogens with one attached hydrogen (secondary N) is 1. The van der Waals surface area contributed by atoms with Gasteiger partial charge in [-0.3, -0.25) is 4.79 Å². The number of methoxy groups -OCH3 is 1. The van der Waals surface area contributed by atoms with Gasteiger partial charge in [-0.05, 0) is 61.9 Å². The lowest BCUT2D eigenvalue weighted by Crippen LogP contribution is -2.59. The largest absolute Gasteiger partial charge is 0.497 e. The minimum Gasteiger partial charge on any atom is -0.497 e. The van der Waals surface area contributed by atoms with Crippen LogP contribution < -0.4 is 10.1 Å². The second-order valence-corrected chi connectivity index (χ2v) is 13.1. The number of hydrogen-bond donors (Lipinski definition) is 2. The van der Waals surface area contributed by atoms with E-state index in [1.165, 1.54) is 23.5 Å². The number of sulfonamides is 1. The van der Waals surface area contributed by atoms with Gasteiger partial charge in [0.15, 0.2) is 0 Å². The lowest BCUT2D eigenvalue weighted by molar-refractivity contribution is -0.137. The van der Waals surface area contributed by atoms with E-state index in [4.69, 9.17) is 4.74 Å². The highest BCUT2D eigenvalue weighted by atomic mass is 32.2. The fourth-order valence-electron chi connectivity index (χ4n) is 5.42. The van der Waals surface area contributed by atoms with Crippen molar-refractivity contribution in [1.29, 1.82) is 0 Å². The van der Waals surface area contributed by atoms with Gasteiger partial charge in [-0.1, -0.05) is 70.4 Å². The summed E-state index contributed by atoms with van der Waals surface area (Å²) in [5.41, 5.74) is -0.932. The van der Waals surface area contributed by atoms with Crippen LogP contribution in [0.3, 0.4) is 0 Å².